The first-order chi connectivity index (χ1) is 12.6. The van der Waals surface area contributed by atoms with Gasteiger partial charge in [-0.1, -0.05) is 12.1 Å². The number of aromatic hydroxyl groups is 1. The molecular weight excluding hydrogens is 333 g/mol. The molecule has 0 saturated heterocycles. The molecule has 2 heterocycles. The number of aromatic amines is 1. The third-order valence-corrected chi connectivity index (χ3v) is 3.94. The average molecular weight is 349 g/mol. The van der Waals surface area contributed by atoms with Crippen molar-refractivity contribution >= 4 is 34.0 Å². The van der Waals surface area contributed by atoms with Crippen LogP contribution < -0.4 is 10.6 Å². The van der Waals surface area contributed by atoms with Gasteiger partial charge in [0.05, 0.1) is 11.4 Å². The minimum atomic E-state index is -0.347. The first-order valence-electron chi connectivity index (χ1n) is 8.03. The largest absolute Gasteiger partial charge is 0.506 e. The first-order valence-corrected chi connectivity index (χ1v) is 8.03. The van der Waals surface area contributed by atoms with Crippen molar-refractivity contribution in [2.45, 2.75) is 6.92 Å². The molecule has 4 rings (SSSR count). The van der Waals surface area contributed by atoms with E-state index >= 15 is 0 Å². The summed E-state index contributed by atoms with van der Waals surface area (Å²) in [5, 5.41) is 16.3. The van der Waals surface area contributed by atoms with Crippen LogP contribution in [0.25, 0.3) is 10.9 Å². The van der Waals surface area contributed by atoms with Gasteiger partial charge in [0.1, 0.15) is 11.6 Å². The van der Waals surface area contributed by atoms with Gasteiger partial charge < -0.3 is 20.7 Å². The maximum absolute atomic E-state index is 14.7. The van der Waals surface area contributed by atoms with Gasteiger partial charge in [-0.25, -0.2) is 9.37 Å². The standard InChI is InChI=1S/C19H16FN5O/c1-11-10-12-13(22-11)6-7-15(18(12)20)23-17-8-9-21-19(25-17)24-14-4-2-3-5-16(14)26/h2-10,22,26H,1H3,(H2,21,23,24,25). The summed E-state index contributed by atoms with van der Waals surface area (Å²) in [5.41, 5.74) is 2.45. The van der Waals surface area contributed by atoms with E-state index in [1.165, 1.54) is 0 Å². The highest BCUT2D eigenvalue weighted by atomic mass is 19.1. The monoisotopic (exact) mass is 349 g/mol. The smallest absolute Gasteiger partial charge is 0.229 e. The number of benzene rings is 2. The minimum Gasteiger partial charge on any atom is -0.506 e. The van der Waals surface area contributed by atoms with E-state index in [-0.39, 0.29) is 17.5 Å². The fourth-order valence-corrected chi connectivity index (χ4v) is 2.73. The molecule has 0 aliphatic carbocycles. The van der Waals surface area contributed by atoms with Gasteiger partial charge in [-0.05, 0) is 43.3 Å². The maximum Gasteiger partial charge on any atom is 0.229 e. The molecule has 0 bridgehead atoms. The Morgan fingerprint density at radius 2 is 1.88 bits per heavy atom. The van der Waals surface area contributed by atoms with E-state index in [2.05, 4.69) is 25.6 Å². The predicted molar refractivity (Wildman–Crippen MR) is 99.7 cm³/mol. The number of phenolic OH excluding ortho intramolecular Hbond substituents is 1. The van der Waals surface area contributed by atoms with E-state index in [4.69, 9.17) is 0 Å². The summed E-state index contributed by atoms with van der Waals surface area (Å²) in [6.07, 6.45) is 1.55. The number of rotatable bonds is 4. The lowest BCUT2D eigenvalue weighted by atomic mass is 10.2. The Labute approximate surface area is 148 Å². The number of hydrogen-bond donors (Lipinski definition) is 4. The molecule has 0 atom stereocenters. The van der Waals surface area contributed by atoms with E-state index < -0.39 is 0 Å². The van der Waals surface area contributed by atoms with Crippen LogP contribution >= 0.6 is 0 Å². The Morgan fingerprint density at radius 1 is 1.04 bits per heavy atom. The highest BCUT2D eigenvalue weighted by Crippen LogP contribution is 2.28. The van der Waals surface area contributed by atoms with Gasteiger partial charge in [0.15, 0.2) is 5.82 Å². The summed E-state index contributed by atoms with van der Waals surface area (Å²) in [7, 11) is 0. The van der Waals surface area contributed by atoms with Gasteiger partial charge in [0.2, 0.25) is 5.95 Å². The first kappa shape index (κ1) is 15.9. The minimum absolute atomic E-state index is 0.0915. The third kappa shape index (κ3) is 3.02. The van der Waals surface area contributed by atoms with Crippen molar-refractivity contribution in [3.63, 3.8) is 0 Å². The second-order valence-corrected chi connectivity index (χ2v) is 5.87. The van der Waals surface area contributed by atoms with Gasteiger partial charge in [-0.15, -0.1) is 0 Å². The van der Waals surface area contributed by atoms with Crippen LogP contribution in [0.1, 0.15) is 5.69 Å². The lowest BCUT2D eigenvalue weighted by Crippen LogP contribution is -2.01. The molecule has 26 heavy (non-hydrogen) atoms. The van der Waals surface area contributed by atoms with Crippen LogP contribution in [-0.4, -0.2) is 20.1 Å². The normalized spacial score (nSPS) is 10.8. The van der Waals surface area contributed by atoms with E-state index in [0.29, 0.717) is 22.6 Å². The van der Waals surface area contributed by atoms with Crippen molar-refractivity contribution in [2.75, 3.05) is 10.6 Å². The molecular formula is C19H16FN5O. The van der Waals surface area contributed by atoms with Gasteiger partial charge >= 0.3 is 0 Å². The molecule has 0 saturated carbocycles. The maximum atomic E-state index is 14.7. The summed E-state index contributed by atoms with van der Waals surface area (Å²) >= 11 is 0. The summed E-state index contributed by atoms with van der Waals surface area (Å²) < 4.78 is 14.7. The topological polar surface area (TPSA) is 85.9 Å². The zero-order valence-corrected chi connectivity index (χ0v) is 13.9. The summed E-state index contributed by atoms with van der Waals surface area (Å²) in [6, 6.07) is 13.7. The molecule has 6 nitrogen and oxygen atoms in total. The molecule has 130 valence electrons. The number of halogens is 1. The van der Waals surface area contributed by atoms with Crippen LogP contribution in [0.3, 0.4) is 0 Å². The number of phenols is 1. The van der Waals surface area contributed by atoms with Gasteiger partial charge in [-0.2, -0.15) is 4.98 Å². The number of para-hydroxylation sites is 2. The molecule has 0 spiro atoms. The molecule has 4 aromatic rings. The number of hydrogen-bond acceptors (Lipinski definition) is 5. The Morgan fingerprint density at radius 3 is 2.73 bits per heavy atom. The number of H-pyrrole nitrogens is 1. The molecule has 0 aliphatic heterocycles. The molecule has 7 heteroatoms. The zero-order chi connectivity index (χ0) is 18.1. The molecule has 0 unspecified atom stereocenters. The number of nitrogens with zero attached hydrogens (tertiary/aromatic N) is 2. The molecule has 4 N–H and O–H groups in total. The van der Waals surface area contributed by atoms with Crippen LogP contribution in [0.15, 0.2) is 54.7 Å². The van der Waals surface area contributed by atoms with Crippen LogP contribution in [-0.2, 0) is 0 Å². The van der Waals surface area contributed by atoms with E-state index in [1.807, 2.05) is 13.0 Å². The molecule has 0 radical (unpaired) electrons. The van der Waals surface area contributed by atoms with Crippen molar-refractivity contribution < 1.29 is 9.50 Å². The Kier molecular flexibility index (Phi) is 3.89. The molecule has 2 aromatic heterocycles. The van der Waals surface area contributed by atoms with E-state index in [0.717, 1.165) is 11.2 Å². The number of nitrogens with one attached hydrogen (secondary N) is 3. The second kappa shape index (κ2) is 6.36. The zero-order valence-electron chi connectivity index (χ0n) is 13.9. The molecule has 0 amide bonds. The highest BCUT2D eigenvalue weighted by Gasteiger charge is 2.11. The molecule has 0 aliphatic rings. The Balaban J connectivity index is 1.61. The fraction of sp³-hybridized carbons (Fsp3) is 0.0526. The second-order valence-electron chi connectivity index (χ2n) is 5.87. The Hall–Kier alpha value is -3.61. The van der Waals surface area contributed by atoms with Crippen molar-refractivity contribution in [3.05, 3.63) is 66.2 Å². The van der Waals surface area contributed by atoms with Gasteiger partial charge in [0, 0.05) is 22.8 Å². The number of aryl methyl sites for hydroxylation is 1. The Bertz CT molecular complexity index is 1090. The van der Waals surface area contributed by atoms with Crippen molar-refractivity contribution in [3.8, 4) is 5.75 Å². The van der Waals surface area contributed by atoms with Gasteiger partial charge in [-0.3, -0.25) is 0 Å². The van der Waals surface area contributed by atoms with Crippen LogP contribution in [0.2, 0.25) is 0 Å². The molecule has 2 aromatic carbocycles. The molecule has 0 fully saturated rings. The van der Waals surface area contributed by atoms with E-state index in [9.17, 15) is 9.50 Å². The number of aromatic nitrogens is 3. The van der Waals surface area contributed by atoms with E-state index in [1.54, 1.807) is 48.7 Å². The summed E-state index contributed by atoms with van der Waals surface area (Å²) in [4.78, 5) is 11.5. The van der Waals surface area contributed by atoms with Crippen molar-refractivity contribution in [2.24, 2.45) is 0 Å². The lowest BCUT2D eigenvalue weighted by molar-refractivity contribution is 0.477. The van der Waals surface area contributed by atoms with Crippen LogP contribution in [0, 0.1) is 12.7 Å². The van der Waals surface area contributed by atoms with Crippen LogP contribution in [0.5, 0.6) is 5.75 Å². The van der Waals surface area contributed by atoms with Crippen molar-refractivity contribution in [1.29, 1.82) is 0 Å². The highest BCUT2D eigenvalue weighted by molar-refractivity contribution is 5.85. The quantitative estimate of drug-likeness (QED) is 0.405. The average Bonchev–Trinajstić information content (AvgIpc) is 3.01. The van der Waals surface area contributed by atoms with Crippen LogP contribution in [0.4, 0.5) is 27.5 Å². The van der Waals surface area contributed by atoms with Gasteiger partial charge in [0.25, 0.3) is 0 Å². The van der Waals surface area contributed by atoms with Crippen molar-refractivity contribution in [1.82, 2.24) is 15.0 Å². The number of anilines is 4. The SMILES string of the molecule is Cc1cc2c(F)c(Nc3ccnc(Nc4ccccc4O)n3)ccc2[nH]1. The summed E-state index contributed by atoms with van der Waals surface area (Å²) in [6.45, 7) is 1.88. The summed E-state index contributed by atoms with van der Waals surface area (Å²) in [5.74, 6) is 0.466. The predicted octanol–water partition coefficient (Wildman–Crippen LogP) is 4.60. The third-order valence-electron chi connectivity index (χ3n) is 3.94. The fourth-order valence-electron chi connectivity index (χ4n) is 2.73. The lowest BCUT2D eigenvalue weighted by Gasteiger charge is -2.10. The number of fused-ring (bicyclic) bond motifs is 1.